The van der Waals surface area contributed by atoms with E-state index in [1.807, 2.05) is 16.9 Å². The Kier molecular flexibility index (Phi) is 10.2. The lowest BCUT2D eigenvalue weighted by molar-refractivity contribution is 0.394. The molecule has 2 aromatic rings. The zero-order valence-electron chi connectivity index (χ0n) is 18.9. The maximum Gasteiger partial charge on any atom is 0.191 e. The maximum absolute atomic E-state index is 5.41. The first-order valence-electron chi connectivity index (χ1n) is 10.6. The van der Waals surface area contributed by atoms with Gasteiger partial charge in [0.25, 0.3) is 0 Å². The first-order valence-corrected chi connectivity index (χ1v) is 10.6. The van der Waals surface area contributed by atoms with Crippen LogP contribution in [0.5, 0.6) is 11.5 Å². The number of rotatable bonds is 9. The van der Waals surface area contributed by atoms with Crippen molar-refractivity contribution in [3.8, 4) is 11.5 Å². The van der Waals surface area contributed by atoms with Gasteiger partial charge in [0.15, 0.2) is 5.96 Å². The number of methoxy groups -OCH3 is 2. The summed E-state index contributed by atoms with van der Waals surface area (Å²) in [4.78, 5) is 7.10. The van der Waals surface area contributed by atoms with Gasteiger partial charge >= 0.3 is 0 Å². The third kappa shape index (κ3) is 7.48. The van der Waals surface area contributed by atoms with Gasteiger partial charge in [0, 0.05) is 68.8 Å². The third-order valence-corrected chi connectivity index (χ3v) is 5.15. The first kappa shape index (κ1) is 25.1. The SMILES string of the molecule is CCNC(=NCCCn1cc(C)cn1)NC1CCN(c2cc(OC)cc(OC)c2)C1.I. The van der Waals surface area contributed by atoms with Crippen molar-refractivity contribution in [1.82, 2.24) is 20.4 Å². The van der Waals surface area contributed by atoms with Crippen LogP contribution in [0.3, 0.4) is 0 Å². The number of halogens is 1. The molecule has 2 N–H and O–H groups in total. The van der Waals surface area contributed by atoms with Gasteiger partial charge in [-0.1, -0.05) is 0 Å². The molecule has 1 atom stereocenters. The molecule has 0 amide bonds. The zero-order valence-corrected chi connectivity index (χ0v) is 21.3. The van der Waals surface area contributed by atoms with Crippen molar-refractivity contribution in [2.75, 3.05) is 45.3 Å². The fourth-order valence-corrected chi connectivity index (χ4v) is 3.61. The van der Waals surface area contributed by atoms with Crippen molar-refractivity contribution in [3.05, 3.63) is 36.2 Å². The van der Waals surface area contributed by atoms with Gasteiger partial charge in [-0.05, 0) is 32.3 Å². The highest BCUT2D eigenvalue weighted by molar-refractivity contribution is 14.0. The van der Waals surface area contributed by atoms with Crippen LogP contribution in [0, 0.1) is 6.92 Å². The number of aromatic nitrogens is 2. The van der Waals surface area contributed by atoms with Gasteiger partial charge in [0.2, 0.25) is 0 Å². The average molecular weight is 542 g/mol. The summed E-state index contributed by atoms with van der Waals surface area (Å²) >= 11 is 0. The van der Waals surface area contributed by atoms with Crippen LogP contribution in [0.1, 0.15) is 25.3 Å². The molecule has 0 bridgehead atoms. The van der Waals surface area contributed by atoms with Gasteiger partial charge in [-0.15, -0.1) is 24.0 Å². The Morgan fingerprint density at radius 1 is 1.23 bits per heavy atom. The highest BCUT2D eigenvalue weighted by Gasteiger charge is 2.24. The second kappa shape index (κ2) is 12.6. The standard InChI is InChI=1S/C22H34N6O2.HI/c1-5-23-22(24-8-6-9-28-15-17(2)14-25-28)26-18-7-10-27(16-18)19-11-20(29-3)13-21(12-19)30-4;/h11-15,18H,5-10,16H2,1-4H3,(H2,23,24,26);1H. The number of benzene rings is 1. The molecule has 1 unspecified atom stereocenters. The summed E-state index contributed by atoms with van der Waals surface area (Å²) in [6.45, 7) is 8.52. The predicted molar refractivity (Wildman–Crippen MR) is 136 cm³/mol. The summed E-state index contributed by atoms with van der Waals surface area (Å²) < 4.78 is 12.8. The molecule has 3 rings (SSSR count). The molecule has 1 aliphatic heterocycles. The Morgan fingerprint density at radius 2 is 1.97 bits per heavy atom. The zero-order chi connectivity index (χ0) is 21.3. The van der Waals surface area contributed by atoms with Gasteiger partial charge in [-0.2, -0.15) is 5.10 Å². The van der Waals surface area contributed by atoms with E-state index >= 15 is 0 Å². The molecular weight excluding hydrogens is 507 g/mol. The van der Waals surface area contributed by atoms with E-state index in [-0.39, 0.29) is 24.0 Å². The van der Waals surface area contributed by atoms with E-state index in [0.717, 1.165) is 68.7 Å². The summed E-state index contributed by atoms with van der Waals surface area (Å²) in [5.41, 5.74) is 2.31. The molecule has 2 heterocycles. The molecule has 0 spiro atoms. The minimum atomic E-state index is 0. The van der Waals surface area contributed by atoms with Crippen molar-refractivity contribution < 1.29 is 9.47 Å². The molecular formula is C22H35IN6O2. The highest BCUT2D eigenvalue weighted by atomic mass is 127. The largest absolute Gasteiger partial charge is 0.497 e. The van der Waals surface area contributed by atoms with E-state index in [0.29, 0.717) is 6.04 Å². The molecule has 1 saturated heterocycles. The van der Waals surface area contributed by atoms with Crippen molar-refractivity contribution in [3.63, 3.8) is 0 Å². The molecule has 0 saturated carbocycles. The average Bonchev–Trinajstić information content (AvgIpc) is 3.39. The molecule has 0 radical (unpaired) electrons. The van der Waals surface area contributed by atoms with E-state index in [4.69, 9.17) is 14.5 Å². The number of aliphatic imine (C=N–C) groups is 1. The number of hydrogen-bond acceptors (Lipinski definition) is 5. The van der Waals surface area contributed by atoms with Crippen LogP contribution in [-0.2, 0) is 6.54 Å². The number of guanidine groups is 1. The third-order valence-electron chi connectivity index (χ3n) is 5.15. The Labute approximate surface area is 202 Å². The van der Waals surface area contributed by atoms with Crippen LogP contribution >= 0.6 is 24.0 Å². The second-order valence-electron chi connectivity index (χ2n) is 7.54. The summed E-state index contributed by atoms with van der Waals surface area (Å²) in [5.74, 6) is 2.50. The number of nitrogens with one attached hydrogen (secondary N) is 2. The topological polar surface area (TPSA) is 75.9 Å². The van der Waals surface area contributed by atoms with Crippen molar-refractivity contribution >= 4 is 35.6 Å². The summed E-state index contributed by atoms with van der Waals surface area (Å²) in [6, 6.07) is 6.35. The smallest absolute Gasteiger partial charge is 0.191 e. The van der Waals surface area contributed by atoms with Crippen LogP contribution in [0.25, 0.3) is 0 Å². The Balaban J connectivity index is 0.00000341. The van der Waals surface area contributed by atoms with Crippen molar-refractivity contribution in [1.29, 1.82) is 0 Å². The lowest BCUT2D eigenvalue weighted by atomic mass is 10.2. The lowest BCUT2D eigenvalue weighted by Crippen LogP contribution is -2.44. The monoisotopic (exact) mass is 542 g/mol. The van der Waals surface area contributed by atoms with Crippen LogP contribution in [0.4, 0.5) is 5.69 Å². The molecule has 31 heavy (non-hydrogen) atoms. The quantitative estimate of drug-likeness (QED) is 0.220. The normalized spacial score (nSPS) is 16.1. The van der Waals surface area contributed by atoms with E-state index in [1.165, 1.54) is 5.56 Å². The van der Waals surface area contributed by atoms with Gasteiger partial charge in [0.05, 0.1) is 20.4 Å². The molecule has 1 aliphatic rings. The summed E-state index contributed by atoms with van der Waals surface area (Å²) in [6.07, 6.45) is 5.96. The fourth-order valence-electron chi connectivity index (χ4n) is 3.61. The summed E-state index contributed by atoms with van der Waals surface area (Å²) in [5, 5.41) is 11.3. The Hall–Kier alpha value is -2.17. The second-order valence-corrected chi connectivity index (χ2v) is 7.54. The van der Waals surface area contributed by atoms with Crippen LogP contribution in [0.15, 0.2) is 35.6 Å². The van der Waals surface area contributed by atoms with E-state index < -0.39 is 0 Å². The molecule has 8 nitrogen and oxygen atoms in total. The fraction of sp³-hybridized carbons (Fsp3) is 0.545. The van der Waals surface area contributed by atoms with Crippen LogP contribution in [0.2, 0.25) is 0 Å². The molecule has 172 valence electrons. The van der Waals surface area contributed by atoms with Gasteiger partial charge in [0.1, 0.15) is 11.5 Å². The Bertz CT molecular complexity index is 819. The highest BCUT2D eigenvalue weighted by Crippen LogP contribution is 2.30. The number of ether oxygens (including phenoxy) is 2. The van der Waals surface area contributed by atoms with Gasteiger partial charge < -0.3 is 25.0 Å². The minimum Gasteiger partial charge on any atom is -0.497 e. The molecule has 1 aromatic heterocycles. The molecule has 9 heteroatoms. The van der Waals surface area contributed by atoms with Crippen LogP contribution in [-0.4, -0.2) is 62.2 Å². The molecule has 1 fully saturated rings. The van der Waals surface area contributed by atoms with E-state index in [1.54, 1.807) is 14.2 Å². The molecule has 0 aliphatic carbocycles. The van der Waals surface area contributed by atoms with Crippen molar-refractivity contribution in [2.24, 2.45) is 4.99 Å². The minimum absolute atomic E-state index is 0. The number of nitrogens with zero attached hydrogens (tertiary/aromatic N) is 4. The number of anilines is 1. The van der Waals surface area contributed by atoms with Gasteiger partial charge in [-0.25, -0.2) is 0 Å². The lowest BCUT2D eigenvalue weighted by Gasteiger charge is -2.21. The predicted octanol–water partition coefficient (Wildman–Crippen LogP) is 3.05. The maximum atomic E-state index is 5.41. The van der Waals surface area contributed by atoms with Crippen LogP contribution < -0.4 is 25.0 Å². The van der Waals surface area contributed by atoms with E-state index in [2.05, 4.69) is 52.8 Å². The van der Waals surface area contributed by atoms with Gasteiger partial charge in [-0.3, -0.25) is 9.67 Å². The molecule has 1 aromatic carbocycles. The van der Waals surface area contributed by atoms with E-state index in [9.17, 15) is 0 Å². The number of hydrogen-bond donors (Lipinski definition) is 2. The first-order chi connectivity index (χ1) is 14.6. The summed E-state index contributed by atoms with van der Waals surface area (Å²) in [7, 11) is 3.36. The Morgan fingerprint density at radius 3 is 2.58 bits per heavy atom. The number of aryl methyl sites for hydroxylation is 2. The van der Waals surface area contributed by atoms with Crippen molar-refractivity contribution in [2.45, 2.75) is 39.3 Å².